The first-order valence-corrected chi connectivity index (χ1v) is 7.36. The van der Waals surface area contributed by atoms with E-state index in [1.165, 1.54) is 6.07 Å². The monoisotopic (exact) mass is 352 g/mol. The molecule has 3 rings (SSSR count). The molecule has 7 heteroatoms. The van der Waals surface area contributed by atoms with E-state index in [9.17, 15) is 9.18 Å². The highest BCUT2D eigenvalue weighted by atomic mass is 79.9. The number of benzene rings is 1. The molecule has 2 unspecified atom stereocenters. The molecule has 1 aliphatic heterocycles. The zero-order valence-corrected chi connectivity index (χ0v) is 12.9. The molecule has 5 nitrogen and oxygen atoms in total. The number of primary amides is 1. The highest BCUT2D eigenvalue weighted by Gasteiger charge is 2.33. The van der Waals surface area contributed by atoms with Crippen molar-refractivity contribution in [1.82, 2.24) is 9.78 Å². The van der Waals surface area contributed by atoms with Crippen molar-refractivity contribution in [2.75, 3.05) is 11.9 Å². The van der Waals surface area contributed by atoms with Crippen LogP contribution >= 0.6 is 15.9 Å². The highest BCUT2D eigenvalue weighted by Crippen LogP contribution is 2.39. The Kier molecular flexibility index (Phi) is 3.44. The maximum atomic E-state index is 14.1. The summed E-state index contributed by atoms with van der Waals surface area (Å²) in [5.74, 6) is -0.142. The topological polar surface area (TPSA) is 72.9 Å². The third-order valence-electron chi connectivity index (χ3n) is 3.70. The minimum atomic E-state index is -0.620. The number of fused-ring (bicyclic) bond motifs is 1. The van der Waals surface area contributed by atoms with Crippen molar-refractivity contribution in [1.29, 1.82) is 0 Å². The lowest BCUT2D eigenvalue weighted by Crippen LogP contribution is -2.32. The predicted octanol–water partition coefficient (Wildman–Crippen LogP) is 2.53. The quantitative estimate of drug-likeness (QED) is 0.872. The molecular weight excluding hydrogens is 339 g/mol. The number of hydrogen-bond donors (Lipinski definition) is 2. The Labute approximate surface area is 129 Å². The van der Waals surface area contributed by atoms with Crippen molar-refractivity contribution in [3.05, 3.63) is 45.8 Å². The number of anilines is 1. The van der Waals surface area contributed by atoms with E-state index in [0.717, 1.165) is 0 Å². The van der Waals surface area contributed by atoms with Gasteiger partial charge in [-0.1, -0.05) is 25.1 Å². The molecule has 1 aromatic carbocycles. The summed E-state index contributed by atoms with van der Waals surface area (Å²) in [4.78, 5) is 11.4. The molecule has 0 saturated carbocycles. The highest BCUT2D eigenvalue weighted by molar-refractivity contribution is 9.10. The van der Waals surface area contributed by atoms with Crippen LogP contribution in [0.5, 0.6) is 0 Å². The van der Waals surface area contributed by atoms with E-state index >= 15 is 0 Å². The molecule has 0 radical (unpaired) electrons. The number of hydrogen-bond acceptors (Lipinski definition) is 3. The molecular formula is C14H14BrFN4O. The number of nitrogens with zero attached hydrogens (tertiary/aromatic N) is 2. The first kappa shape index (κ1) is 14.1. The molecule has 1 amide bonds. The van der Waals surface area contributed by atoms with E-state index in [0.29, 0.717) is 22.4 Å². The van der Waals surface area contributed by atoms with E-state index in [4.69, 9.17) is 5.73 Å². The molecule has 21 heavy (non-hydrogen) atoms. The number of aromatic nitrogens is 2. The van der Waals surface area contributed by atoms with Crippen LogP contribution in [0.1, 0.15) is 29.0 Å². The van der Waals surface area contributed by atoms with Gasteiger partial charge in [-0.15, -0.1) is 0 Å². The third-order valence-corrected chi connectivity index (χ3v) is 4.46. The van der Waals surface area contributed by atoms with Gasteiger partial charge >= 0.3 is 0 Å². The van der Waals surface area contributed by atoms with Gasteiger partial charge in [0.1, 0.15) is 11.6 Å². The number of nitrogens with two attached hydrogens (primary N) is 1. The summed E-state index contributed by atoms with van der Waals surface area (Å²) < 4.78 is 16.3. The Morgan fingerprint density at radius 3 is 2.90 bits per heavy atom. The van der Waals surface area contributed by atoms with Crippen molar-refractivity contribution in [3.63, 3.8) is 0 Å². The molecule has 0 spiro atoms. The Balaban J connectivity index is 2.18. The van der Waals surface area contributed by atoms with Crippen LogP contribution in [0.3, 0.4) is 0 Å². The summed E-state index contributed by atoms with van der Waals surface area (Å²) >= 11 is 3.34. The summed E-state index contributed by atoms with van der Waals surface area (Å²) in [6.45, 7) is 2.66. The van der Waals surface area contributed by atoms with E-state index in [-0.39, 0.29) is 23.5 Å². The van der Waals surface area contributed by atoms with Crippen LogP contribution in [0.2, 0.25) is 0 Å². The average molecular weight is 353 g/mol. The average Bonchev–Trinajstić information content (AvgIpc) is 2.78. The summed E-state index contributed by atoms with van der Waals surface area (Å²) in [6.07, 6.45) is 0. The molecule has 0 saturated heterocycles. The lowest BCUT2D eigenvalue weighted by molar-refractivity contribution is 0.0993. The van der Waals surface area contributed by atoms with Crippen molar-refractivity contribution in [2.45, 2.75) is 13.0 Å². The van der Waals surface area contributed by atoms with Crippen molar-refractivity contribution in [3.8, 4) is 0 Å². The third kappa shape index (κ3) is 2.21. The second kappa shape index (κ2) is 5.14. The first-order chi connectivity index (χ1) is 10.0. The Hall–Kier alpha value is -1.89. The van der Waals surface area contributed by atoms with Crippen LogP contribution in [0, 0.1) is 11.7 Å². The van der Waals surface area contributed by atoms with Crippen LogP contribution in [0.4, 0.5) is 10.2 Å². The van der Waals surface area contributed by atoms with E-state index in [2.05, 4.69) is 26.3 Å². The van der Waals surface area contributed by atoms with Gasteiger partial charge in [0.15, 0.2) is 5.69 Å². The normalized spacial score (nSPS) is 20.7. The lowest BCUT2D eigenvalue weighted by Gasteiger charge is -2.32. The van der Waals surface area contributed by atoms with Crippen molar-refractivity contribution in [2.24, 2.45) is 11.7 Å². The molecule has 1 aliphatic rings. The molecule has 2 atom stereocenters. The molecule has 2 heterocycles. The van der Waals surface area contributed by atoms with Crippen LogP contribution < -0.4 is 11.1 Å². The van der Waals surface area contributed by atoms with Gasteiger partial charge in [-0.05, 0) is 22.0 Å². The summed E-state index contributed by atoms with van der Waals surface area (Å²) in [5, 5.41) is 7.46. The molecule has 3 N–H and O–H groups in total. The molecule has 0 aliphatic carbocycles. The number of amides is 1. The fourth-order valence-electron chi connectivity index (χ4n) is 2.70. The van der Waals surface area contributed by atoms with Gasteiger partial charge in [-0.25, -0.2) is 9.07 Å². The van der Waals surface area contributed by atoms with Crippen LogP contribution in [0.25, 0.3) is 0 Å². The molecule has 1 aromatic heterocycles. The first-order valence-electron chi connectivity index (χ1n) is 6.56. The lowest BCUT2D eigenvalue weighted by atomic mass is 9.92. The minimum Gasteiger partial charge on any atom is -0.369 e. The van der Waals surface area contributed by atoms with Gasteiger partial charge in [-0.2, -0.15) is 5.10 Å². The fourth-order valence-corrected chi connectivity index (χ4v) is 3.29. The fraction of sp³-hybridized carbons (Fsp3) is 0.286. The smallest absolute Gasteiger partial charge is 0.270 e. The second-order valence-corrected chi connectivity index (χ2v) is 5.94. The maximum absolute atomic E-state index is 14.1. The van der Waals surface area contributed by atoms with Crippen LogP contribution in [0.15, 0.2) is 28.7 Å². The molecule has 0 bridgehead atoms. The van der Waals surface area contributed by atoms with Crippen molar-refractivity contribution < 1.29 is 9.18 Å². The summed E-state index contributed by atoms with van der Waals surface area (Å²) in [6, 6.07) is 6.33. The zero-order valence-electron chi connectivity index (χ0n) is 11.3. The standard InChI is InChI=1S/C14H14BrFN4O/c1-7-6-18-14-10(15)11(13(17)21)19-20(14)12(7)8-4-2-3-5-9(8)16/h2-5,7,12,18H,6H2,1H3,(H2,17,21). The largest absolute Gasteiger partial charge is 0.369 e. The van der Waals surface area contributed by atoms with Crippen LogP contribution in [-0.2, 0) is 0 Å². The van der Waals surface area contributed by atoms with Crippen LogP contribution in [-0.4, -0.2) is 22.2 Å². The minimum absolute atomic E-state index is 0.113. The maximum Gasteiger partial charge on any atom is 0.270 e. The van der Waals surface area contributed by atoms with Gasteiger partial charge in [0.05, 0.1) is 10.5 Å². The Morgan fingerprint density at radius 2 is 2.24 bits per heavy atom. The number of halogens is 2. The second-order valence-electron chi connectivity index (χ2n) is 5.14. The van der Waals surface area contributed by atoms with Gasteiger partial charge in [0, 0.05) is 18.0 Å². The molecule has 110 valence electrons. The van der Waals surface area contributed by atoms with E-state index in [1.54, 1.807) is 22.9 Å². The van der Waals surface area contributed by atoms with Crippen molar-refractivity contribution >= 4 is 27.7 Å². The van der Waals surface area contributed by atoms with E-state index < -0.39 is 5.91 Å². The Bertz CT molecular complexity index is 715. The summed E-state index contributed by atoms with van der Waals surface area (Å²) in [5.41, 5.74) is 6.03. The predicted molar refractivity (Wildman–Crippen MR) is 80.6 cm³/mol. The van der Waals surface area contributed by atoms with Gasteiger partial charge < -0.3 is 11.1 Å². The zero-order chi connectivity index (χ0) is 15.1. The number of nitrogens with one attached hydrogen (secondary N) is 1. The number of carbonyl (C=O) groups is 1. The van der Waals surface area contributed by atoms with Gasteiger partial charge in [0.2, 0.25) is 0 Å². The number of carbonyl (C=O) groups excluding carboxylic acids is 1. The summed E-state index contributed by atoms with van der Waals surface area (Å²) in [7, 11) is 0. The molecule has 2 aromatic rings. The van der Waals surface area contributed by atoms with Gasteiger partial charge in [-0.3, -0.25) is 4.79 Å². The Morgan fingerprint density at radius 1 is 1.52 bits per heavy atom. The SMILES string of the molecule is CC1CNc2c(Br)c(C(N)=O)nn2C1c1ccccc1F. The van der Waals surface area contributed by atoms with Gasteiger partial charge in [0.25, 0.3) is 5.91 Å². The number of rotatable bonds is 2. The van der Waals surface area contributed by atoms with E-state index in [1.807, 2.05) is 6.92 Å². The molecule has 0 fully saturated rings.